The number of rotatable bonds is 4. The molecule has 0 saturated carbocycles. The Hall–Kier alpha value is -2.95. The average molecular weight is 406 g/mol. The summed E-state index contributed by atoms with van der Waals surface area (Å²) in [6, 6.07) is 16.5. The molecule has 0 aliphatic carbocycles. The molecule has 4 nitrogen and oxygen atoms in total. The maximum atomic E-state index is 14.1. The van der Waals surface area contributed by atoms with Crippen LogP contribution in [-0.4, -0.2) is 41.2 Å². The Morgan fingerprint density at radius 1 is 1.20 bits per heavy atom. The number of benzene rings is 2. The lowest BCUT2D eigenvalue weighted by Gasteiger charge is -2.37. The summed E-state index contributed by atoms with van der Waals surface area (Å²) in [7, 11) is 0. The van der Waals surface area contributed by atoms with Crippen LogP contribution in [0, 0.1) is 6.92 Å². The summed E-state index contributed by atoms with van der Waals surface area (Å²) in [6.45, 7) is 5.05. The topological polar surface area (TPSA) is 45.2 Å². The zero-order chi connectivity index (χ0) is 21.1. The summed E-state index contributed by atoms with van der Waals surface area (Å²) >= 11 is 0. The maximum absolute atomic E-state index is 14.1. The number of fused-ring (bicyclic) bond motifs is 1. The number of carbonyl (C=O) groups is 1. The minimum Gasteiger partial charge on any atom is -0.338 e. The van der Waals surface area contributed by atoms with E-state index in [0.29, 0.717) is 32.4 Å². The molecule has 1 fully saturated rings. The quantitative estimate of drug-likeness (QED) is 0.641. The van der Waals surface area contributed by atoms with Crippen LogP contribution in [-0.2, 0) is 6.42 Å². The van der Waals surface area contributed by atoms with Crippen LogP contribution < -0.4 is 5.32 Å². The first-order valence-electron chi connectivity index (χ1n) is 10.7. The zero-order valence-electron chi connectivity index (χ0n) is 17.6. The van der Waals surface area contributed by atoms with Gasteiger partial charge in [0.2, 0.25) is 0 Å². The number of aryl methyl sites for hydroxylation is 1. The van der Waals surface area contributed by atoms with Gasteiger partial charge in [0.1, 0.15) is 6.17 Å². The minimum absolute atomic E-state index is 0.0923. The van der Waals surface area contributed by atoms with Crippen molar-refractivity contribution in [3.05, 3.63) is 65.9 Å². The smallest absolute Gasteiger partial charge is 0.317 e. The van der Waals surface area contributed by atoms with E-state index in [9.17, 15) is 9.18 Å². The maximum Gasteiger partial charge on any atom is 0.317 e. The molecule has 2 atom stereocenters. The van der Waals surface area contributed by atoms with Gasteiger partial charge in [-0.05, 0) is 61.4 Å². The van der Waals surface area contributed by atoms with Gasteiger partial charge in [0.15, 0.2) is 0 Å². The van der Waals surface area contributed by atoms with Gasteiger partial charge in [0.25, 0.3) is 0 Å². The molecule has 1 aliphatic heterocycles. The highest BCUT2D eigenvalue weighted by atomic mass is 19.1. The molecule has 30 heavy (non-hydrogen) atoms. The molecule has 156 valence electrons. The normalized spacial score (nSPS) is 19.1. The van der Waals surface area contributed by atoms with Crippen LogP contribution in [0.5, 0.6) is 0 Å². The lowest BCUT2D eigenvalue weighted by Crippen LogP contribution is -2.51. The summed E-state index contributed by atoms with van der Waals surface area (Å²) in [5.74, 6) is 0. The average Bonchev–Trinajstić information content (AvgIpc) is 2.75. The Labute approximate surface area is 177 Å². The second kappa shape index (κ2) is 8.82. The number of likely N-dealkylation sites (tertiary alicyclic amines) is 1. The predicted molar refractivity (Wildman–Crippen MR) is 119 cm³/mol. The molecule has 0 bridgehead atoms. The largest absolute Gasteiger partial charge is 0.338 e. The number of amides is 2. The number of hydrogen-bond acceptors (Lipinski definition) is 2. The fourth-order valence-corrected chi connectivity index (χ4v) is 4.41. The number of hydrogen-bond donors (Lipinski definition) is 1. The molecule has 2 aromatic carbocycles. The van der Waals surface area contributed by atoms with Crippen molar-refractivity contribution in [2.45, 2.75) is 45.3 Å². The van der Waals surface area contributed by atoms with Crippen molar-refractivity contribution in [3.8, 4) is 11.1 Å². The molecular weight excluding hydrogens is 377 g/mol. The van der Waals surface area contributed by atoms with Gasteiger partial charge in [-0.3, -0.25) is 4.98 Å². The number of aromatic nitrogens is 1. The van der Waals surface area contributed by atoms with Gasteiger partial charge in [-0.25, -0.2) is 9.18 Å². The van der Waals surface area contributed by atoms with E-state index in [1.165, 1.54) is 0 Å². The van der Waals surface area contributed by atoms with Crippen LogP contribution in [0.1, 0.15) is 30.9 Å². The highest BCUT2D eigenvalue weighted by molar-refractivity contribution is 5.88. The Kier molecular flexibility index (Phi) is 5.98. The van der Waals surface area contributed by atoms with E-state index >= 15 is 0 Å². The molecular formula is C25H28FN3O. The van der Waals surface area contributed by atoms with E-state index in [4.69, 9.17) is 0 Å². The minimum atomic E-state index is -0.840. The van der Waals surface area contributed by atoms with E-state index in [1.54, 1.807) is 4.90 Å². The third-order valence-corrected chi connectivity index (χ3v) is 6.00. The van der Waals surface area contributed by atoms with E-state index in [0.717, 1.165) is 33.2 Å². The molecule has 5 heteroatoms. The van der Waals surface area contributed by atoms with Crippen molar-refractivity contribution in [3.63, 3.8) is 0 Å². The van der Waals surface area contributed by atoms with Crippen molar-refractivity contribution in [2.75, 3.05) is 13.1 Å². The summed E-state index contributed by atoms with van der Waals surface area (Å²) in [6.07, 6.45) is 2.46. The monoisotopic (exact) mass is 405 g/mol. The fourth-order valence-electron chi connectivity index (χ4n) is 4.41. The first kappa shape index (κ1) is 20.3. The molecule has 3 aromatic rings. The van der Waals surface area contributed by atoms with Crippen molar-refractivity contribution >= 4 is 16.9 Å². The van der Waals surface area contributed by atoms with Gasteiger partial charge in [0.05, 0.1) is 5.52 Å². The number of carbonyl (C=O) groups excluding carboxylic acids is 1. The number of pyridine rings is 1. The van der Waals surface area contributed by atoms with Crippen LogP contribution in [0.15, 0.2) is 54.7 Å². The second-order valence-corrected chi connectivity index (χ2v) is 8.02. The number of halogens is 1. The lowest BCUT2D eigenvalue weighted by molar-refractivity contribution is 0.108. The van der Waals surface area contributed by atoms with Crippen LogP contribution in [0.3, 0.4) is 0 Å². The third-order valence-electron chi connectivity index (χ3n) is 6.00. The highest BCUT2D eigenvalue weighted by Gasteiger charge is 2.31. The molecule has 1 N–H and O–H groups in total. The number of nitrogens with zero attached hydrogens (tertiary/aromatic N) is 2. The third kappa shape index (κ3) is 4.16. The first-order chi connectivity index (χ1) is 14.6. The lowest BCUT2D eigenvalue weighted by atomic mass is 9.92. The molecule has 0 spiro atoms. The van der Waals surface area contributed by atoms with Crippen LogP contribution in [0.4, 0.5) is 9.18 Å². The second-order valence-electron chi connectivity index (χ2n) is 8.02. The Balaban J connectivity index is 1.54. The Bertz CT molecular complexity index is 1030. The summed E-state index contributed by atoms with van der Waals surface area (Å²) in [5.41, 5.74) is 5.60. The van der Waals surface area contributed by atoms with E-state index in [2.05, 4.69) is 59.7 Å². The number of urea groups is 1. The van der Waals surface area contributed by atoms with Crippen molar-refractivity contribution in [1.82, 2.24) is 15.2 Å². The first-order valence-corrected chi connectivity index (χ1v) is 10.7. The molecule has 2 heterocycles. The fraction of sp³-hybridized carbons (Fsp3) is 0.360. The van der Waals surface area contributed by atoms with Crippen molar-refractivity contribution in [2.24, 2.45) is 0 Å². The Morgan fingerprint density at radius 2 is 2.00 bits per heavy atom. The van der Waals surface area contributed by atoms with Gasteiger partial charge in [0, 0.05) is 30.7 Å². The SMILES string of the molecule is CCNC(=O)N1CCC(F)CC1Cc1ccc(-c2ccc3cccnc3c2C)cc1. The van der Waals surface area contributed by atoms with Gasteiger partial charge in [-0.1, -0.05) is 42.5 Å². The van der Waals surface area contributed by atoms with Gasteiger partial charge < -0.3 is 10.2 Å². The van der Waals surface area contributed by atoms with Crippen LogP contribution >= 0.6 is 0 Å². The summed E-state index contributed by atoms with van der Waals surface area (Å²) in [5, 5.41) is 3.99. The molecule has 1 aromatic heterocycles. The van der Waals surface area contributed by atoms with Crippen LogP contribution in [0.25, 0.3) is 22.0 Å². The van der Waals surface area contributed by atoms with E-state index in [1.807, 2.05) is 19.2 Å². The zero-order valence-corrected chi connectivity index (χ0v) is 17.6. The van der Waals surface area contributed by atoms with E-state index in [-0.39, 0.29) is 12.1 Å². The summed E-state index contributed by atoms with van der Waals surface area (Å²) < 4.78 is 14.1. The molecule has 1 saturated heterocycles. The predicted octanol–water partition coefficient (Wildman–Crippen LogP) is 5.28. The van der Waals surface area contributed by atoms with Gasteiger partial charge in [-0.15, -0.1) is 0 Å². The standard InChI is InChI=1S/C25H28FN3O/c1-3-27-25(30)29-14-12-21(26)16-22(29)15-18-6-8-19(9-7-18)23-11-10-20-5-4-13-28-24(20)17(23)2/h4-11,13,21-22H,3,12,14-16H2,1-2H3,(H,27,30). The molecule has 2 amide bonds. The highest BCUT2D eigenvalue weighted by Crippen LogP contribution is 2.30. The number of alkyl halides is 1. The Morgan fingerprint density at radius 3 is 2.77 bits per heavy atom. The van der Waals surface area contributed by atoms with Gasteiger partial charge in [-0.2, -0.15) is 0 Å². The molecule has 4 rings (SSSR count). The molecule has 2 unspecified atom stereocenters. The van der Waals surface area contributed by atoms with Crippen molar-refractivity contribution in [1.29, 1.82) is 0 Å². The van der Waals surface area contributed by atoms with Crippen molar-refractivity contribution < 1.29 is 9.18 Å². The van der Waals surface area contributed by atoms with Crippen LogP contribution in [0.2, 0.25) is 0 Å². The summed E-state index contributed by atoms with van der Waals surface area (Å²) in [4.78, 5) is 18.7. The molecule has 0 radical (unpaired) electrons. The van der Waals surface area contributed by atoms with Gasteiger partial charge >= 0.3 is 6.03 Å². The number of piperidine rings is 1. The molecule has 1 aliphatic rings. The number of nitrogens with one attached hydrogen (secondary N) is 1. The van der Waals surface area contributed by atoms with E-state index < -0.39 is 6.17 Å².